The van der Waals surface area contributed by atoms with Crippen molar-refractivity contribution in [2.24, 2.45) is 0 Å². The molecule has 2 aromatic carbocycles. The Labute approximate surface area is 157 Å². The number of fused-ring (bicyclic) bond motifs is 1. The van der Waals surface area contributed by atoms with Gasteiger partial charge in [0.2, 0.25) is 10.0 Å². The summed E-state index contributed by atoms with van der Waals surface area (Å²) in [5.41, 5.74) is 0.963. The van der Waals surface area contributed by atoms with Crippen molar-refractivity contribution in [3.8, 4) is 0 Å². The highest BCUT2D eigenvalue weighted by molar-refractivity contribution is 7.89. The number of nitrogens with one attached hydrogen (secondary N) is 1. The molecule has 142 valence electrons. The van der Waals surface area contributed by atoms with Gasteiger partial charge in [-0.25, -0.2) is 13.1 Å². The van der Waals surface area contributed by atoms with E-state index in [0.29, 0.717) is 5.56 Å². The molecule has 2 amide bonds. The van der Waals surface area contributed by atoms with Crippen molar-refractivity contribution < 1.29 is 23.1 Å². The zero-order chi connectivity index (χ0) is 19.8. The van der Waals surface area contributed by atoms with E-state index in [1.807, 2.05) is 6.07 Å². The van der Waals surface area contributed by atoms with Crippen LogP contribution in [0.15, 0.2) is 53.4 Å². The Morgan fingerprint density at radius 1 is 1.04 bits per heavy atom. The molecule has 0 saturated heterocycles. The van der Waals surface area contributed by atoms with Gasteiger partial charge >= 0.3 is 0 Å². The minimum atomic E-state index is -3.91. The molecular formula is C19H20N2O5S. The molecule has 1 aliphatic heterocycles. The van der Waals surface area contributed by atoms with Gasteiger partial charge in [0.15, 0.2) is 0 Å². The van der Waals surface area contributed by atoms with Crippen LogP contribution in [0.4, 0.5) is 0 Å². The number of rotatable bonds is 6. The summed E-state index contributed by atoms with van der Waals surface area (Å²) in [4.78, 5) is 24.8. The fourth-order valence-corrected chi connectivity index (χ4v) is 4.32. The van der Waals surface area contributed by atoms with Gasteiger partial charge in [0.05, 0.1) is 22.1 Å². The summed E-state index contributed by atoms with van der Waals surface area (Å²) >= 11 is 0. The van der Waals surface area contributed by atoms with Gasteiger partial charge in [0, 0.05) is 13.1 Å². The zero-order valence-corrected chi connectivity index (χ0v) is 15.7. The Balaban J connectivity index is 1.76. The predicted octanol–water partition coefficient (Wildman–Crippen LogP) is 1.70. The summed E-state index contributed by atoms with van der Waals surface area (Å²) in [6.45, 7) is 1.65. The molecule has 8 heteroatoms. The molecule has 1 aliphatic rings. The highest BCUT2D eigenvalue weighted by Gasteiger charge is 2.34. The number of carbonyl (C=O) groups excluding carboxylic acids is 2. The second kappa shape index (κ2) is 7.22. The molecule has 2 atom stereocenters. The number of amides is 2. The number of nitrogens with zero attached hydrogens (tertiary/aromatic N) is 1. The summed E-state index contributed by atoms with van der Waals surface area (Å²) in [7, 11) is -2.56. The van der Waals surface area contributed by atoms with E-state index in [0.717, 1.165) is 4.90 Å². The Kier molecular flexibility index (Phi) is 5.14. The largest absolute Gasteiger partial charge is 0.388 e. The van der Waals surface area contributed by atoms with Crippen LogP contribution in [0.5, 0.6) is 0 Å². The minimum absolute atomic E-state index is 0.0716. The average molecular weight is 388 g/mol. The predicted molar refractivity (Wildman–Crippen MR) is 98.7 cm³/mol. The molecule has 27 heavy (non-hydrogen) atoms. The smallest absolute Gasteiger partial charge is 0.261 e. The topological polar surface area (TPSA) is 104 Å². The van der Waals surface area contributed by atoms with E-state index in [1.54, 1.807) is 31.2 Å². The van der Waals surface area contributed by atoms with Crippen molar-refractivity contribution in [3.05, 3.63) is 65.2 Å². The third-order valence-corrected chi connectivity index (χ3v) is 6.08. The van der Waals surface area contributed by atoms with E-state index in [9.17, 15) is 23.1 Å². The van der Waals surface area contributed by atoms with Gasteiger partial charge < -0.3 is 5.11 Å². The molecule has 0 bridgehead atoms. The van der Waals surface area contributed by atoms with Crippen LogP contribution in [-0.4, -0.2) is 43.3 Å². The van der Waals surface area contributed by atoms with Crippen LogP contribution < -0.4 is 4.72 Å². The fourth-order valence-electron chi connectivity index (χ4n) is 3.03. The first kappa shape index (κ1) is 19.2. The lowest BCUT2D eigenvalue weighted by molar-refractivity contribution is 0.0693. The molecule has 0 saturated carbocycles. The molecule has 0 spiro atoms. The number of imide groups is 1. The second-order valence-corrected chi connectivity index (χ2v) is 8.28. The molecule has 0 fully saturated rings. The lowest BCUT2D eigenvalue weighted by Crippen LogP contribution is -2.34. The lowest BCUT2D eigenvalue weighted by atomic mass is 10.0. The second-order valence-electron chi connectivity index (χ2n) is 6.56. The maximum atomic E-state index is 12.6. The van der Waals surface area contributed by atoms with E-state index < -0.39 is 34.0 Å². The molecule has 1 heterocycles. The summed E-state index contributed by atoms with van der Waals surface area (Å²) in [5, 5.41) is 10.3. The summed E-state index contributed by atoms with van der Waals surface area (Å²) in [5.74, 6) is -0.981. The summed E-state index contributed by atoms with van der Waals surface area (Å²) in [6.07, 6.45) is -0.620. The van der Waals surface area contributed by atoms with Crippen LogP contribution >= 0.6 is 0 Å². The summed E-state index contributed by atoms with van der Waals surface area (Å²) < 4.78 is 27.8. The molecular weight excluding hydrogens is 368 g/mol. The first-order valence-electron chi connectivity index (χ1n) is 8.42. The standard InChI is InChI=1S/C19H20N2O5S/c1-12(10-17(22)13-6-4-3-5-7-13)20-27(25,26)14-8-9-15-16(11-14)19(24)21(2)18(15)23/h3-9,11-12,17,20,22H,10H2,1-2H3/t12-,17+/m0/s1. The van der Waals surface area contributed by atoms with Crippen molar-refractivity contribution in [1.29, 1.82) is 0 Å². The van der Waals surface area contributed by atoms with Crippen molar-refractivity contribution in [3.63, 3.8) is 0 Å². The van der Waals surface area contributed by atoms with Gasteiger partial charge in [0.25, 0.3) is 11.8 Å². The Hall–Kier alpha value is -2.55. The van der Waals surface area contributed by atoms with Gasteiger partial charge in [-0.15, -0.1) is 0 Å². The number of carbonyl (C=O) groups is 2. The third-order valence-electron chi connectivity index (χ3n) is 4.49. The average Bonchev–Trinajstić information content (AvgIpc) is 2.86. The molecule has 2 N–H and O–H groups in total. The molecule has 7 nitrogen and oxygen atoms in total. The van der Waals surface area contributed by atoms with Crippen LogP contribution in [0.1, 0.15) is 45.7 Å². The molecule has 2 aromatic rings. The number of benzene rings is 2. The molecule has 3 rings (SSSR count). The first-order chi connectivity index (χ1) is 12.7. The first-order valence-corrected chi connectivity index (χ1v) is 9.91. The molecule has 0 unspecified atom stereocenters. The van der Waals surface area contributed by atoms with Crippen LogP contribution in [0.2, 0.25) is 0 Å². The maximum Gasteiger partial charge on any atom is 0.261 e. The van der Waals surface area contributed by atoms with Crippen LogP contribution in [0.3, 0.4) is 0 Å². The van der Waals surface area contributed by atoms with Crippen molar-refractivity contribution in [2.75, 3.05) is 7.05 Å². The van der Waals surface area contributed by atoms with E-state index >= 15 is 0 Å². The molecule has 0 radical (unpaired) electrons. The Morgan fingerprint density at radius 3 is 2.33 bits per heavy atom. The monoisotopic (exact) mass is 388 g/mol. The minimum Gasteiger partial charge on any atom is -0.388 e. The quantitative estimate of drug-likeness (QED) is 0.733. The fraction of sp³-hybridized carbons (Fsp3) is 0.263. The lowest BCUT2D eigenvalue weighted by Gasteiger charge is -2.18. The molecule has 0 aliphatic carbocycles. The number of hydrogen-bond donors (Lipinski definition) is 2. The third kappa shape index (κ3) is 3.78. The van der Waals surface area contributed by atoms with E-state index in [4.69, 9.17) is 0 Å². The van der Waals surface area contributed by atoms with E-state index in [1.165, 1.54) is 25.2 Å². The number of aliphatic hydroxyl groups is 1. The van der Waals surface area contributed by atoms with E-state index in [-0.39, 0.29) is 22.4 Å². The van der Waals surface area contributed by atoms with Gasteiger partial charge in [-0.1, -0.05) is 30.3 Å². The SMILES string of the molecule is C[C@@H](C[C@@H](O)c1ccccc1)NS(=O)(=O)c1ccc2c(c1)C(=O)N(C)C2=O. The zero-order valence-electron chi connectivity index (χ0n) is 14.9. The normalized spacial score (nSPS) is 16.3. The van der Waals surface area contributed by atoms with Crippen molar-refractivity contribution in [2.45, 2.75) is 30.4 Å². The highest BCUT2D eigenvalue weighted by atomic mass is 32.2. The van der Waals surface area contributed by atoms with Gasteiger partial charge in [-0.3, -0.25) is 14.5 Å². The van der Waals surface area contributed by atoms with Gasteiger partial charge in [-0.05, 0) is 37.1 Å². The summed E-state index contributed by atoms with van der Waals surface area (Å²) in [6, 6.07) is 12.3. The number of hydrogen-bond acceptors (Lipinski definition) is 5. The van der Waals surface area contributed by atoms with E-state index in [2.05, 4.69) is 4.72 Å². The van der Waals surface area contributed by atoms with Crippen molar-refractivity contribution in [1.82, 2.24) is 9.62 Å². The van der Waals surface area contributed by atoms with Gasteiger partial charge in [0.1, 0.15) is 0 Å². The van der Waals surface area contributed by atoms with Crippen LogP contribution in [0.25, 0.3) is 0 Å². The maximum absolute atomic E-state index is 12.6. The van der Waals surface area contributed by atoms with Crippen LogP contribution in [-0.2, 0) is 10.0 Å². The highest BCUT2D eigenvalue weighted by Crippen LogP contribution is 2.25. The number of sulfonamides is 1. The molecule has 0 aromatic heterocycles. The van der Waals surface area contributed by atoms with Crippen LogP contribution in [0, 0.1) is 0 Å². The Bertz CT molecular complexity index is 988. The van der Waals surface area contributed by atoms with Crippen molar-refractivity contribution >= 4 is 21.8 Å². The number of aliphatic hydroxyl groups excluding tert-OH is 1. The van der Waals surface area contributed by atoms with Gasteiger partial charge in [-0.2, -0.15) is 0 Å². The Morgan fingerprint density at radius 2 is 1.67 bits per heavy atom.